The Kier molecular flexibility index (Phi) is 2.76. The summed E-state index contributed by atoms with van der Waals surface area (Å²) in [5.74, 6) is -0.0674. The number of amides is 1. The normalized spacial score (nSPS) is 10.6. The minimum absolute atomic E-state index is 0.0674. The number of rotatable bonds is 2. The van der Waals surface area contributed by atoms with E-state index in [0.717, 1.165) is 22.5 Å². The zero-order chi connectivity index (χ0) is 13.2. The molecule has 0 aliphatic carbocycles. The molecule has 3 aromatic rings. The molecule has 0 radical (unpaired) electrons. The van der Waals surface area contributed by atoms with Crippen molar-refractivity contribution in [2.75, 3.05) is 5.32 Å². The molecule has 2 aromatic heterocycles. The van der Waals surface area contributed by atoms with Gasteiger partial charge < -0.3 is 9.72 Å². The van der Waals surface area contributed by atoms with E-state index in [4.69, 9.17) is 0 Å². The fraction of sp³-hybridized carbons (Fsp3) is 0.0667. The van der Waals surface area contributed by atoms with Crippen LogP contribution in [0.15, 0.2) is 55.0 Å². The van der Waals surface area contributed by atoms with Crippen LogP contribution in [0.5, 0.6) is 0 Å². The molecule has 0 saturated carbocycles. The van der Waals surface area contributed by atoms with Crippen molar-refractivity contribution >= 4 is 17.2 Å². The minimum Gasteiger partial charge on any atom is -0.326 e. The second-order valence-corrected chi connectivity index (χ2v) is 4.37. The van der Waals surface area contributed by atoms with E-state index in [0.29, 0.717) is 0 Å². The van der Waals surface area contributed by atoms with Crippen molar-refractivity contribution in [3.8, 4) is 11.1 Å². The molecule has 1 N–H and O–H groups in total. The number of nitrogens with zero attached hydrogens (tertiary/aromatic N) is 2. The Morgan fingerprint density at radius 2 is 2.11 bits per heavy atom. The summed E-state index contributed by atoms with van der Waals surface area (Å²) in [4.78, 5) is 15.3. The summed E-state index contributed by atoms with van der Waals surface area (Å²) >= 11 is 0. The Morgan fingerprint density at radius 3 is 2.95 bits per heavy atom. The van der Waals surface area contributed by atoms with Crippen LogP contribution in [-0.2, 0) is 4.79 Å². The number of carbonyl (C=O) groups is 1. The smallest absolute Gasteiger partial charge is 0.221 e. The predicted octanol–water partition coefficient (Wildman–Crippen LogP) is 2.96. The highest BCUT2D eigenvalue weighted by Crippen LogP contribution is 2.23. The number of hydrogen-bond donors (Lipinski definition) is 1. The number of benzene rings is 1. The largest absolute Gasteiger partial charge is 0.326 e. The third-order valence-corrected chi connectivity index (χ3v) is 2.91. The summed E-state index contributed by atoms with van der Waals surface area (Å²) in [5.41, 5.74) is 3.86. The molecule has 1 aromatic carbocycles. The molecule has 0 saturated heterocycles. The third-order valence-electron chi connectivity index (χ3n) is 2.91. The quantitative estimate of drug-likeness (QED) is 0.761. The molecule has 2 heterocycles. The molecule has 3 rings (SSSR count). The van der Waals surface area contributed by atoms with E-state index < -0.39 is 0 Å². The second kappa shape index (κ2) is 4.57. The molecule has 4 nitrogen and oxygen atoms in total. The van der Waals surface area contributed by atoms with Gasteiger partial charge in [-0.3, -0.25) is 4.79 Å². The summed E-state index contributed by atoms with van der Waals surface area (Å²) in [6.07, 6.45) is 5.71. The summed E-state index contributed by atoms with van der Waals surface area (Å²) in [6, 6.07) is 11.8. The molecule has 0 spiro atoms. The van der Waals surface area contributed by atoms with Gasteiger partial charge in [0.05, 0.1) is 0 Å². The van der Waals surface area contributed by atoms with E-state index in [1.54, 1.807) is 6.20 Å². The van der Waals surface area contributed by atoms with Crippen LogP contribution in [0, 0.1) is 0 Å². The van der Waals surface area contributed by atoms with Crippen molar-refractivity contribution in [1.82, 2.24) is 9.38 Å². The van der Waals surface area contributed by atoms with Gasteiger partial charge >= 0.3 is 0 Å². The Morgan fingerprint density at radius 1 is 1.21 bits per heavy atom. The van der Waals surface area contributed by atoms with Gasteiger partial charge in [-0.15, -0.1) is 0 Å². The molecule has 0 aliphatic rings. The van der Waals surface area contributed by atoms with Crippen LogP contribution in [0.2, 0.25) is 0 Å². The van der Waals surface area contributed by atoms with Gasteiger partial charge in [0.2, 0.25) is 5.91 Å². The van der Waals surface area contributed by atoms with E-state index in [1.807, 2.05) is 53.2 Å². The van der Waals surface area contributed by atoms with Crippen LogP contribution in [0.3, 0.4) is 0 Å². The topological polar surface area (TPSA) is 46.4 Å². The summed E-state index contributed by atoms with van der Waals surface area (Å²) < 4.78 is 1.97. The molecule has 0 bridgehead atoms. The first-order valence-corrected chi connectivity index (χ1v) is 6.03. The van der Waals surface area contributed by atoms with Crippen LogP contribution in [0.4, 0.5) is 5.69 Å². The number of imidazole rings is 1. The molecule has 0 unspecified atom stereocenters. The molecule has 94 valence electrons. The van der Waals surface area contributed by atoms with Crippen LogP contribution < -0.4 is 5.32 Å². The lowest BCUT2D eigenvalue weighted by Gasteiger charge is -2.06. The monoisotopic (exact) mass is 251 g/mol. The number of fused-ring (bicyclic) bond motifs is 1. The molecule has 1 amide bonds. The summed E-state index contributed by atoms with van der Waals surface area (Å²) in [7, 11) is 0. The van der Waals surface area contributed by atoms with Gasteiger partial charge in [-0.05, 0) is 35.4 Å². The van der Waals surface area contributed by atoms with Crippen molar-refractivity contribution in [1.29, 1.82) is 0 Å². The maximum Gasteiger partial charge on any atom is 0.221 e. The van der Waals surface area contributed by atoms with E-state index in [-0.39, 0.29) is 5.91 Å². The second-order valence-electron chi connectivity index (χ2n) is 4.37. The first-order chi connectivity index (χ1) is 9.22. The lowest BCUT2D eigenvalue weighted by Crippen LogP contribution is -2.05. The lowest BCUT2D eigenvalue weighted by molar-refractivity contribution is -0.114. The number of anilines is 1. The maximum atomic E-state index is 11.1. The van der Waals surface area contributed by atoms with Crippen molar-refractivity contribution in [2.45, 2.75) is 6.92 Å². The Bertz CT molecular complexity index is 746. The van der Waals surface area contributed by atoms with E-state index in [9.17, 15) is 4.79 Å². The van der Waals surface area contributed by atoms with Crippen LogP contribution >= 0.6 is 0 Å². The average molecular weight is 251 g/mol. The van der Waals surface area contributed by atoms with Gasteiger partial charge in [0.25, 0.3) is 0 Å². The zero-order valence-corrected chi connectivity index (χ0v) is 10.5. The highest BCUT2D eigenvalue weighted by Gasteiger charge is 2.02. The first-order valence-electron chi connectivity index (χ1n) is 6.03. The number of nitrogens with one attached hydrogen (secondary N) is 1. The van der Waals surface area contributed by atoms with Crippen molar-refractivity contribution in [2.24, 2.45) is 0 Å². The Hall–Kier alpha value is -2.62. The van der Waals surface area contributed by atoms with E-state index in [1.165, 1.54) is 6.92 Å². The molecular formula is C15H13N3O. The van der Waals surface area contributed by atoms with Crippen molar-refractivity contribution in [3.05, 3.63) is 55.0 Å². The first kappa shape index (κ1) is 11.5. The predicted molar refractivity (Wildman–Crippen MR) is 74.9 cm³/mol. The molecule has 0 fully saturated rings. The number of hydrogen-bond acceptors (Lipinski definition) is 2. The Balaban J connectivity index is 2.02. The SMILES string of the molecule is CC(=O)Nc1cccc(-c2ccc3nccn3c2)c1. The fourth-order valence-electron chi connectivity index (χ4n) is 2.07. The maximum absolute atomic E-state index is 11.1. The minimum atomic E-state index is -0.0674. The number of pyridine rings is 1. The Labute approximate surface area is 110 Å². The molecule has 19 heavy (non-hydrogen) atoms. The van der Waals surface area contributed by atoms with Gasteiger partial charge in [-0.25, -0.2) is 4.98 Å². The standard InChI is InChI=1S/C15H13N3O/c1-11(19)17-14-4-2-3-12(9-14)13-5-6-15-16-7-8-18(15)10-13/h2-10H,1H3,(H,17,19). The zero-order valence-electron chi connectivity index (χ0n) is 10.5. The number of carbonyl (C=O) groups excluding carboxylic acids is 1. The van der Waals surface area contributed by atoms with Crippen molar-refractivity contribution < 1.29 is 4.79 Å². The average Bonchev–Trinajstić information content (AvgIpc) is 2.85. The van der Waals surface area contributed by atoms with Gasteiger partial charge in [-0.1, -0.05) is 12.1 Å². The highest BCUT2D eigenvalue weighted by molar-refractivity contribution is 5.89. The van der Waals surface area contributed by atoms with E-state index >= 15 is 0 Å². The lowest BCUT2D eigenvalue weighted by atomic mass is 10.1. The molecular weight excluding hydrogens is 238 g/mol. The highest BCUT2D eigenvalue weighted by atomic mass is 16.1. The molecule has 0 atom stereocenters. The van der Waals surface area contributed by atoms with Gasteiger partial charge in [0, 0.05) is 31.2 Å². The van der Waals surface area contributed by atoms with Crippen LogP contribution in [-0.4, -0.2) is 15.3 Å². The fourth-order valence-corrected chi connectivity index (χ4v) is 2.07. The van der Waals surface area contributed by atoms with Gasteiger partial charge in [-0.2, -0.15) is 0 Å². The van der Waals surface area contributed by atoms with Gasteiger partial charge in [0.1, 0.15) is 5.65 Å². The summed E-state index contributed by atoms with van der Waals surface area (Å²) in [5, 5.41) is 2.79. The van der Waals surface area contributed by atoms with Crippen LogP contribution in [0.1, 0.15) is 6.92 Å². The van der Waals surface area contributed by atoms with Gasteiger partial charge in [0.15, 0.2) is 0 Å². The van der Waals surface area contributed by atoms with Crippen LogP contribution in [0.25, 0.3) is 16.8 Å². The third kappa shape index (κ3) is 2.33. The summed E-state index contributed by atoms with van der Waals surface area (Å²) in [6.45, 7) is 1.50. The molecule has 4 heteroatoms. The van der Waals surface area contributed by atoms with E-state index in [2.05, 4.69) is 10.3 Å². The molecule has 0 aliphatic heterocycles. The van der Waals surface area contributed by atoms with Crippen molar-refractivity contribution in [3.63, 3.8) is 0 Å². The number of aromatic nitrogens is 2.